The van der Waals surface area contributed by atoms with E-state index in [-0.39, 0.29) is 24.6 Å². The Hall–Kier alpha value is -3.11. The Bertz CT molecular complexity index is 1160. The highest BCUT2D eigenvalue weighted by molar-refractivity contribution is 8.01. The summed E-state index contributed by atoms with van der Waals surface area (Å²) >= 11 is 2.64. The van der Waals surface area contributed by atoms with Crippen LogP contribution in [0.3, 0.4) is 0 Å². The number of benzene rings is 2. The van der Waals surface area contributed by atoms with Crippen molar-refractivity contribution < 1.29 is 18.7 Å². The monoisotopic (exact) mass is 456 g/mol. The smallest absolute Gasteiger partial charge is 0.264 e. The van der Waals surface area contributed by atoms with Gasteiger partial charge in [-0.1, -0.05) is 34.7 Å². The van der Waals surface area contributed by atoms with Crippen LogP contribution in [-0.4, -0.2) is 40.0 Å². The molecule has 4 rings (SSSR count). The molecule has 0 saturated carbocycles. The van der Waals surface area contributed by atoms with E-state index < -0.39 is 5.91 Å². The topological polar surface area (TPSA) is 93.5 Å². The number of aromatic nitrogens is 2. The van der Waals surface area contributed by atoms with Gasteiger partial charge >= 0.3 is 0 Å². The van der Waals surface area contributed by atoms with Crippen LogP contribution in [-0.2, 0) is 4.79 Å². The van der Waals surface area contributed by atoms with E-state index in [0.717, 1.165) is 11.3 Å². The Kier molecular flexibility index (Phi) is 6.38. The van der Waals surface area contributed by atoms with Gasteiger partial charge in [0.2, 0.25) is 5.13 Å². The van der Waals surface area contributed by atoms with Crippen LogP contribution in [0.4, 0.5) is 15.2 Å². The van der Waals surface area contributed by atoms with Crippen molar-refractivity contribution in [2.24, 2.45) is 4.99 Å². The first-order chi connectivity index (χ1) is 15.0. The van der Waals surface area contributed by atoms with Gasteiger partial charge in [0.1, 0.15) is 11.6 Å². The van der Waals surface area contributed by atoms with Crippen molar-refractivity contribution >= 4 is 51.3 Å². The van der Waals surface area contributed by atoms with Crippen molar-refractivity contribution in [2.75, 3.05) is 17.7 Å². The molecule has 1 amide bonds. The second-order valence-corrected chi connectivity index (χ2v) is 8.95. The molecule has 0 saturated heterocycles. The first kappa shape index (κ1) is 21.1. The second-order valence-electron chi connectivity index (χ2n) is 6.75. The van der Waals surface area contributed by atoms with Crippen LogP contribution in [0.25, 0.3) is 0 Å². The number of aryl methyl sites for hydroxylation is 1. The van der Waals surface area contributed by atoms with Crippen LogP contribution in [0.5, 0.6) is 5.75 Å². The van der Waals surface area contributed by atoms with Crippen molar-refractivity contribution in [2.45, 2.75) is 17.7 Å². The summed E-state index contributed by atoms with van der Waals surface area (Å²) in [5.41, 5.74) is 3.17. The standard InChI is InChI=1S/C21H17FN4O3S2/c1-12-2-7-17-16(8-12)18(27)9-14(23-17)11-30-21-26-25-20(31-21)24-19(28)10-29-15-5-3-13(22)4-6-15/h2-8H,9-11H2,1H3,(H,24,25,28). The minimum absolute atomic E-state index is 0.0654. The maximum absolute atomic E-state index is 12.9. The molecule has 0 aliphatic carbocycles. The fraction of sp³-hybridized carbons (Fsp3) is 0.190. The van der Waals surface area contributed by atoms with Gasteiger partial charge in [-0.25, -0.2) is 4.39 Å². The largest absolute Gasteiger partial charge is 0.484 e. The zero-order valence-electron chi connectivity index (χ0n) is 16.4. The van der Waals surface area contributed by atoms with Gasteiger partial charge < -0.3 is 4.74 Å². The van der Waals surface area contributed by atoms with Gasteiger partial charge in [-0.15, -0.1) is 10.2 Å². The Morgan fingerprint density at radius 2 is 2.03 bits per heavy atom. The number of fused-ring (bicyclic) bond motifs is 1. The van der Waals surface area contributed by atoms with Crippen LogP contribution >= 0.6 is 23.1 Å². The zero-order valence-corrected chi connectivity index (χ0v) is 18.1. The van der Waals surface area contributed by atoms with E-state index >= 15 is 0 Å². The van der Waals surface area contributed by atoms with Crippen LogP contribution in [0.2, 0.25) is 0 Å². The fourth-order valence-electron chi connectivity index (χ4n) is 2.84. The molecule has 158 valence electrons. The number of ether oxygens (including phenoxy) is 1. The average Bonchev–Trinajstić information content (AvgIpc) is 3.19. The Morgan fingerprint density at radius 1 is 1.23 bits per heavy atom. The van der Waals surface area contributed by atoms with E-state index in [9.17, 15) is 14.0 Å². The number of ketones is 1. The fourth-order valence-corrected chi connectivity index (χ4v) is 4.54. The Balaban J connectivity index is 1.29. The number of hydrogen-bond donors (Lipinski definition) is 1. The molecule has 1 aliphatic heterocycles. The number of anilines is 1. The van der Waals surface area contributed by atoms with Gasteiger partial charge in [0.15, 0.2) is 16.7 Å². The van der Waals surface area contributed by atoms with Crippen molar-refractivity contribution in [3.8, 4) is 5.75 Å². The van der Waals surface area contributed by atoms with Gasteiger partial charge in [-0.05, 0) is 43.3 Å². The molecule has 2 aromatic carbocycles. The minimum atomic E-state index is -0.397. The molecule has 0 atom stereocenters. The van der Waals surface area contributed by atoms with Crippen LogP contribution < -0.4 is 10.1 Å². The van der Waals surface area contributed by atoms with Gasteiger partial charge in [0.25, 0.3) is 5.91 Å². The lowest BCUT2D eigenvalue weighted by Crippen LogP contribution is -2.20. The highest BCUT2D eigenvalue weighted by atomic mass is 32.2. The lowest BCUT2D eigenvalue weighted by atomic mass is 9.99. The van der Waals surface area contributed by atoms with Crippen LogP contribution in [0.1, 0.15) is 22.3 Å². The number of nitrogens with one attached hydrogen (secondary N) is 1. The molecule has 1 N–H and O–H groups in total. The maximum Gasteiger partial charge on any atom is 0.264 e. The molecule has 2 heterocycles. The summed E-state index contributed by atoms with van der Waals surface area (Å²) in [7, 11) is 0. The highest BCUT2D eigenvalue weighted by Crippen LogP contribution is 2.30. The second kappa shape index (κ2) is 9.36. The number of carbonyl (C=O) groups is 2. The number of Topliss-reactive ketones (excluding diaryl/α,β-unsaturated/α-hetero) is 1. The summed E-state index contributed by atoms with van der Waals surface area (Å²) < 4.78 is 18.8. The SMILES string of the molecule is Cc1ccc2c(c1)C(=O)CC(CSc1nnc(NC(=O)COc3ccc(F)cc3)s1)=N2. The summed E-state index contributed by atoms with van der Waals surface area (Å²) in [5, 5.41) is 11.0. The molecule has 0 unspecified atom stereocenters. The minimum Gasteiger partial charge on any atom is -0.484 e. The zero-order chi connectivity index (χ0) is 21.8. The number of amides is 1. The first-order valence-electron chi connectivity index (χ1n) is 9.31. The molecule has 10 heteroatoms. The molecular weight excluding hydrogens is 439 g/mol. The van der Waals surface area contributed by atoms with Crippen molar-refractivity contribution in [3.05, 3.63) is 59.4 Å². The highest BCUT2D eigenvalue weighted by Gasteiger charge is 2.20. The summed E-state index contributed by atoms with van der Waals surface area (Å²) in [6, 6.07) is 11.1. The number of rotatable bonds is 7. The quantitative estimate of drug-likeness (QED) is 0.417. The summed E-state index contributed by atoms with van der Waals surface area (Å²) in [6.45, 7) is 1.72. The van der Waals surface area contributed by atoms with E-state index in [2.05, 4.69) is 20.5 Å². The van der Waals surface area contributed by atoms with Crippen molar-refractivity contribution in [1.29, 1.82) is 0 Å². The van der Waals surface area contributed by atoms with Crippen molar-refractivity contribution in [3.63, 3.8) is 0 Å². The molecule has 3 aromatic rings. The molecular formula is C21H17FN4O3S2. The molecule has 1 aromatic heterocycles. The number of halogens is 1. The Labute approximate surface area is 185 Å². The molecule has 0 bridgehead atoms. The predicted molar refractivity (Wildman–Crippen MR) is 118 cm³/mol. The summed E-state index contributed by atoms with van der Waals surface area (Å²) in [6.07, 6.45) is 0.284. The molecule has 0 radical (unpaired) electrons. The van der Waals surface area contributed by atoms with Crippen molar-refractivity contribution in [1.82, 2.24) is 10.2 Å². The van der Waals surface area contributed by atoms with E-state index in [1.54, 1.807) is 0 Å². The molecule has 0 spiro atoms. The normalized spacial score (nSPS) is 12.8. The third kappa shape index (κ3) is 5.53. The molecule has 1 aliphatic rings. The number of nitrogens with zero attached hydrogens (tertiary/aromatic N) is 3. The molecule has 31 heavy (non-hydrogen) atoms. The third-order valence-corrected chi connectivity index (χ3v) is 6.34. The predicted octanol–water partition coefficient (Wildman–Crippen LogP) is 4.45. The number of carbonyl (C=O) groups excluding carboxylic acids is 2. The number of hydrogen-bond acceptors (Lipinski definition) is 8. The average molecular weight is 457 g/mol. The number of thioether (sulfide) groups is 1. The molecule has 7 nitrogen and oxygen atoms in total. The number of aliphatic imine (C=N–C) groups is 1. The van der Waals surface area contributed by atoms with Crippen LogP contribution in [0, 0.1) is 12.7 Å². The summed E-state index contributed by atoms with van der Waals surface area (Å²) in [4.78, 5) is 29.0. The third-order valence-electron chi connectivity index (χ3n) is 4.29. The van der Waals surface area contributed by atoms with Gasteiger partial charge in [0, 0.05) is 17.0 Å². The van der Waals surface area contributed by atoms with Gasteiger partial charge in [0.05, 0.1) is 12.1 Å². The lowest BCUT2D eigenvalue weighted by molar-refractivity contribution is -0.118. The van der Waals surface area contributed by atoms with E-state index in [4.69, 9.17) is 4.74 Å². The summed E-state index contributed by atoms with van der Waals surface area (Å²) in [5.74, 6) is 0.194. The van der Waals surface area contributed by atoms with E-state index in [1.165, 1.54) is 47.4 Å². The van der Waals surface area contributed by atoms with E-state index in [1.807, 2.05) is 25.1 Å². The Morgan fingerprint density at radius 3 is 2.84 bits per heavy atom. The van der Waals surface area contributed by atoms with Crippen LogP contribution in [0.15, 0.2) is 51.8 Å². The van der Waals surface area contributed by atoms with E-state index in [0.29, 0.717) is 32.2 Å². The van der Waals surface area contributed by atoms with Gasteiger partial charge in [-0.2, -0.15) is 0 Å². The lowest BCUT2D eigenvalue weighted by Gasteiger charge is -2.14. The first-order valence-corrected chi connectivity index (χ1v) is 11.1. The molecule has 0 fully saturated rings. The van der Waals surface area contributed by atoms with Gasteiger partial charge in [-0.3, -0.25) is 19.9 Å². The maximum atomic E-state index is 12.9.